The Kier molecular flexibility index (Phi) is 9.74. The van der Waals surface area contributed by atoms with Crippen molar-refractivity contribution in [2.75, 3.05) is 0 Å². The minimum absolute atomic E-state index is 0.590. The molecular formula is C64H46N4. The van der Waals surface area contributed by atoms with Gasteiger partial charge < -0.3 is 9.13 Å². The molecule has 9 aromatic carbocycles. The van der Waals surface area contributed by atoms with Crippen molar-refractivity contribution < 1.29 is 0 Å². The summed E-state index contributed by atoms with van der Waals surface area (Å²) in [6.07, 6.45) is 4.02. The Morgan fingerprint density at radius 3 is 0.956 bits per heavy atom. The Morgan fingerprint density at radius 2 is 0.647 bits per heavy atom. The molecule has 0 atom stereocenters. The van der Waals surface area contributed by atoms with Crippen LogP contribution < -0.4 is 0 Å². The molecule has 0 amide bonds. The summed E-state index contributed by atoms with van der Waals surface area (Å²) < 4.78 is 4.82. The third-order valence-corrected chi connectivity index (χ3v) is 13.7. The number of aromatic nitrogens is 3. The van der Waals surface area contributed by atoms with Crippen LogP contribution in [0, 0.1) is 39.0 Å². The first-order valence-corrected chi connectivity index (χ1v) is 23.2. The normalized spacial score (nSPS) is 11.5. The average Bonchev–Trinajstić information content (AvgIpc) is 3.88. The summed E-state index contributed by atoms with van der Waals surface area (Å²) >= 11 is 0. The van der Waals surface area contributed by atoms with Gasteiger partial charge in [-0.05, 0) is 114 Å². The highest BCUT2D eigenvalue weighted by molar-refractivity contribution is 6.14. The first-order valence-electron chi connectivity index (χ1n) is 23.2. The molecule has 3 heterocycles. The second-order valence-corrected chi connectivity index (χ2v) is 18.3. The van der Waals surface area contributed by atoms with Crippen molar-refractivity contribution in [3.8, 4) is 73.1 Å². The molecule has 0 aliphatic rings. The van der Waals surface area contributed by atoms with Crippen LogP contribution in [-0.4, -0.2) is 14.1 Å². The zero-order chi connectivity index (χ0) is 46.0. The second kappa shape index (κ2) is 16.3. The van der Waals surface area contributed by atoms with E-state index in [0.717, 1.165) is 111 Å². The van der Waals surface area contributed by atoms with E-state index in [9.17, 15) is 5.26 Å². The molecule has 12 aromatic rings. The molecule has 0 unspecified atom stereocenters. The maximum absolute atomic E-state index is 10.4. The summed E-state index contributed by atoms with van der Waals surface area (Å²) in [5.74, 6) is 0. The summed E-state index contributed by atoms with van der Waals surface area (Å²) in [6, 6.07) is 72.9. The van der Waals surface area contributed by atoms with E-state index >= 15 is 0 Å². The summed E-state index contributed by atoms with van der Waals surface area (Å²) in [5.41, 5.74) is 22.6. The predicted molar refractivity (Wildman–Crippen MR) is 284 cm³/mol. The van der Waals surface area contributed by atoms with Gasteiger partial charge in [-0.15, -0.1) is 0 Å². The number of nitriles is 1. The lowest BCUT2D eigenvalue weighted by molar-refractivity contribution is 1.09. The fraction of sp³-hybridized carbons (Fsp3) is 0.0625. The first-order chi connectivity index (χ1) is 33.3. The maximum Gasteiger partial charge on any atom is 0.0991 e. The molecule has 12 rings (SSSR count). The highest BCUT2D eigenvalue weighted by atomic mass is 15.0. The van der Waals surface area contributed by atoms with Gasteiger partial charge in [0.1, 0.15) is 0 Å². The molecule has 4 nitrogen and oxygen atoms in total. The van der Waals surface area contributed by atoms with Gasteiger partial charge in [-0.25, -0.2) is 0 Å². The van der Waals surface area contributed by atoms with Gasteiger partial charge in [0.15, 0.2) is 0 Å². The van der Waals surface area contributed by atoms with Crippen LogP contribution >= 0.6 is 0 Å². The lowest BCUT2D eigenvalue weighted by Crippen LogP contribution is -2.05. The topological polar surface area (TPSA) is 46.5 Å². The summed E-state index contributed by atoms with van der Waals surface area (Å²) in [5, 5.41) is 15.0. The van der Waals surface area contributed by atoms with Gasteiger partial charge in [0, 0.05) is 27.1 Å². The van der Waals surface area contributed by atoms with Crippen molar-refractivity contribution in [1.82, 2.24) is 14.1 Å². The number of aryl methyl sites for hydroxylation is 4. The molecule has 4 heteroatoms. The van der Waals surface area contributed by atoms with Crippen LogP contribution in [0.4, 0.5) is 0 Å². The van der Waals surface area contributed by atoms with Crippen LogP contribution in [0.5, 0.6) is 0 Å². The molecule has 3 aromatic heterocycles. The van der Waals surface area contributed by atoms with Crippen molar-refractivity contribution in [2.45, 2.75) is 27.7 Å². The molecular weight excluding hydrogens is 825 g/mol. The first kappa shape index (κ1) is 40.7. The van der Waals surface area contributed by atoms with Crippen LogP contribution in [0.3, 0.4) is 0 Å². The molecule has 0 radical (unpaired) electrons. The Hall–Kier alpha value is -8.78. The molecule has 0 N–H and O–H groups in total. The van der Waals surface area contributed by atoms with Gasteiger partial charge >= 0.3 is 0 Å². The monoisotopic (exact) mass is 870 g/mol. The minimum atomic E-state index is 0.590. The van der Waals surface area contributed by atoms with Crippen molar-refractivity contribution >= 4 is 43.6 Å². The zero-order valence-corrected chi connectivity index (χ0v) is 38.4. The Balaban J connectivity index is 1.21. The lowest BCUT2D eigenvalue weighted by Gasteiger charge is -2.20. The number of hydrogen-bond acceptors (Lipinski definition) is 2. The van der Waals surface area contributed by atoms with Crippen molar-refractivity contribution in [1.29, 1.82) is 5.26 Å². The number of benzene rings is 9. The number of pyridine rings is 1. The lowest BCUT2D eigenvalue weighted by atomic mass is 10.00. The van der Waals surface area contributed by atoms with Crippen molar-refractivity contribution in [2.24, 2.45) is 0 Å². The second-order valence-electron chi connectivity index (χ2n) is 18.3. The van der Waals surface area contributed by atoms with E-state index in [1.54, 1.807) is 0 Å². The molecule has 322 valence electrons. The van der Waals surface area contributed by atoms with Gasteiger partial charge in [0.25, 0.3) is 0 Å². The van der Waals surface area contributed by atoms with Gasteiger partial charge in [0.05, 0.1) is 57.5 Å². The molecule has 0 spiro atoms. The molecule has 0 saturated carbocycles. The molecule has 0 bridgehead atoms. The minimum Gasteiger partial charge on any atom is -0.307 e. The van der Waals surface area contributed by atoms with E-state index in [2.05, 4.69) is 219 Å². The highest BCUT2D eigenvalue weighted by Gasteiger charge is 2.24. The van der Waals surface area contributed by atoms with Gasteiger partial charge in [-0.1, -0.05) is 180 Å². The van der Waals surface area contributed by atoms with Crippen molar-refractivity contribution in [3.63, 3.8) is 0 Å². The Bertz CT molecular complexity index is 3540. The quantitative estimate of drug-likeness (QED) is 0.160. The van der Waals surface area contributed by atoms with E-state index in [0.29, 0.717) is 5.56 Å². The summed E-state index contributed by atoms with van der Waals surface area (Å²) in [7, 11) is 0. The fourth-order valence-corrected chi connectivity index (χ4v) is 10.1. The number of nitrogens with zero attached hydrogens (tertiary/aromatic N) is 4. The predicted octanol–water partition coefficient (Wildman–Crippen LogP) is 16.7. The van der Waals surface area contributed by atoms with E-state index in [-0.39, 0.29) is 0 Å². The highest BCUT2D eigenvalue weighted by Crippen LogP contribution is 2.44. The SMILES string of the molecule is Cc1ccc(-c2ccc3c4ccc(-c5ccc(C)cc5)cc4n(-c4cncc(-n5c6cc(-c7ccc(C)cc7)ccc6c6ccc(-c7ccc(C)cc7)cc65)c4-c4cccc(C#N)c4)c3c2)cc1. The molecule has 0 saturated heterocycles. The fourth-order valence-electron chi connectivity index (χ4n) is 10.1. The largest absolute Gasteiger partial charge is 0.307 e. The summed E-state index contributed by atoms with van der Waals surface area (Å²) in [4.78, 5) is 5.21. The Labute approximate surface area is 396 Å². The molecule has 68 heavy (non-hydrogen) atoms. The smallest absolute Gasteiger partial charge is 0.0991 e. The van der Waals surface area contributed by atoms with Gasteiger partial charge in [-0.2, -0.15) is 5.26 Å². The third kappa shape index (κ3) is 6.96. The van der Waals surface area contributed by atoms with Gasteiger partial charge in [-0.3, -0.25) is 4.98 Å². The molecule has 0 aliphatic carbocycles. The van der Waals surface area contributed by atoms with E-state index in [1.165, 1.54) is 22.3 Å². The molecule has 0 aliphatic heterocycles. The van der Waals surface area contributed by atoms with Crippen molar-refractivity contribution in [3.05, 3.63) is 234 Å². The van der Waals surface area contributed by atoms with Gasteiger partial charge in [0.2, 0.25) is 0 Å². The molecule has 0 fully saturated rings. The number of rotatable bonds is 7. The van der Waals surface area contributed by atoms with Crippen LogP contribution in [0.25, 0.3) is 111 Å². The third-order valence-electron chi connectivity index (χ3n) is 13.7. The van der Waals surface area contributed by atoms with Crippen LogP contribution in [-0.2, 0) is 0 Å². The van der Waals surface area contributed by atoms with E-state index in [1.807, 2.05) is 30.6 Å². The average molecular weight is 871 g/mol. The standard InChI is InChI=1S/C64H46N4/c1-40-8-16-45(17-9-40)49-24-28-54-55-29-25-50(46-18-10-41(2)11-19-46)34-59(55)67(58(54)33-49)62-38-66-39-63(64(62)53-7-5-6-44(32-53)37-65)68-60-35-51(47-20-12-42(3)13-21-47)26-30-56(60)57-31-27-52(36-61(57)68)48-22-14-43(4)15-23-48/h5-36,38-39H,1-4H3. The summed E-state index contributed by atoms with van der Waals surface area (Å²) in [6.45, 7) is 8.51. The van der Waals surface area contributed by atoms with E-state index < -0.39 is 0 Å². The van der Waals surface area contributed by atoms with Crippen LogP contribution in [0.1, 0.15) is 27.8 Å². The zero-order valence-electron chi connectivity index (χ0n) is 38.4. The van der Waals surface area contributed by atoms with E-state index in [4.69, 9.17) is 4.98 Å². The Morgan fingerprint density at radius 1 is 0.338 bits per heavy atom. The number of hydrogen-bond donors (Lipinski definition) is 0. The number of fused-ring (bicyclic) bond motifs is 6. The van der Waals surface area contributed by atoms with Crippen LogP contribution in [0.2, 0.25) is 0 Å². The van der Waals surface area contributed by atoms with Crippen LogP contribution in [0.15, 0.2) is 207 Å². The maximum atomic E-state index is 10.4.